The number of ether oxygens (including phenoxy) is 1. The lowest BCUT2D eigenvalue weighted by atomic mass is 9.74. The summed E-state index contributed by atoms with van der Waals surface area (Å²) in [5.74, 6) is -1.89. The van der Waals surface area contributed by atoms with Crippen LogP contribution in [0.3, 0.4) is 0 Å². The van der Waals surface area contributed by atoms with E-state index in [-0.39, 0.29) is 24.0 Å². The van der Waals surface area contributed by atoms with E-state index in [2.05, 4.69) is 9.88 Å². The highest BCUT2D eigenvalue weighted by molar-refractivity contribution is 5.84. The molecule has 0 spiro atoms. The summed E-state index contributed by atoms with van der Waals surface area (Å²) in [7, 11) is 1.61. The molecule has 1 saturated heterocycles. The molecule has 2 aromatic carbocycles. The molecule has 0 unspecified atom stereocenters. The van der Waals surface area contributed by atoms with Gasteiger partial charge >= 0.3 is 0 Å². The van der Waals surface area contributed by atoms with Gasteiger partial charge in [-0.25, -0.2) is 13.2 Å². The lowest BCUT2D eigenvalue weighted by Crippen LogP contribution is -2.42. The quantitative estimate of drug-likeness (QED) is 0.373. The minimum atomic E-state index is -0.910. The number of halogens is 3. The van der Waals surface area contributed by atoms with Gasteiger partial charge in [0.1, 0.15) is 23.2 Å². The minimum absolute atomic E-state index is 0.0451. The first-order valence-corrected chi connectivity index (χ1v) is 12.8. The molecule has 2 heterocycles. The number of piperidine rings is 1. The number of nitrogens with zero attached hydrogens (tertiary/aromatic N) is 2. The van der Waals surface area contributed by atoms with E-state index in [0.29, 0.717) is 31.6 Å². The summed E-state index contributed by atoms with van der Waals surface area (Å²) in [4.78, 5) is 6.71. The highest BCUT2D eigenvalue weighted by Crippen LogP contribution is 2.39. The standard InChI is InChI=1S/C29H35F3N2O3/c1-19-17-33-26-6-5-21(37-2)16-23(26)28(19)27(36)7-8-29(18-35)9-12-34(13-10-29)11-3-4-22-24(31)14-20(30)15-25(22)32/h5-6,14-17,27,35-36H,3-4,7-13,18H2,1-2H3/t27-/m0/s1. The van der Waals surface area contributed by atoms with E-state index in [4.69, 9.17) is 4.74 Å². The second kappa shape index (κ2) is 11.8. The molecule has 1 aliphatic rings. The van der Waals surface area contributed by atoms with Crippen LogP contribution in [0.1, 0.15) is 54.9 Å². The van der Waals surface area contributed by atoms with Crippen molar-refractivity contribution in [2.24, 2.45) is 5.41 Å². The van der Waals surface area contributed by atoms with Crippen LogP contribution in [0, 0.1) is 29.8 Å². The third-order valence-corrected chi connectivity index (χ3v) is 7.86. The Kier molecular flexibility index (Phi) is 8.72. The summed E-state index contributed by atoms with van der Waals surface area (Å²) in [6.45, 7) is 4.18. The number of aromatic nitrogens is 1. The molecule has 2 N–H and O–H groups in total. The number of hydrogen-bond acceptors (Lipinski definition) is 5. The monoisotopic (exact) mass is 516 g/mol. The highest BCUT2D eigenvalue weighted by Gasteiger charge is 2.34. The van der Waals surface area contributed by atoms with Crippen LogP contribution in [0.25, 0.3) is 10.9 Å². The Hall–Kier alpha value is -2.68. The summed E-state index contributed by atoms with van der Waals surface area (Å²) in [6, 6.07) is 7.07. The van der Waals surface area contributed by atoms with Gasteiger partial charge in [0.25, 0.3) is 0 Å². The summed E-state index contributed by atoms with van der Waals surface area (Å²) < 4.78 is 46.3. The van der Waals surface area contributed by atoms with Crippen LogP contribution >= 0.6 is 0 Å². The van der Waals surface area contributed by atoms with Crippen molar-refractivity contribution < 1.29 is 28.1 Å². The van der Waals surface area contributed by atoms with E-state index in [0.717, 1.165) is 60.1 Å². The van der Waals surface area contributed by atoms with Gasteiger partial charge in [-0.1, -0.05) is 0 Å². The number of hydrogen-bond donors (Lipinski definition) is 2. The van der Waals surface area contributed by atoms with Crippen LogP contribution in [-0.2, 0) is 6.42 Å². The lowest BCUT2D eigenvalue weighted by molar-refractivity contribution is 0.0233. The zero-order chi connectivity index (χ0) is 26.6. The molecule has 1 fully saturated rings. The van der Waals surface area contributed by atoms with Gasteiger partial charge in [0.05, 0.1) is 18.7 Å². The Bertz CT molecular complexity index is 1210. The van der Waals surface area contributed by atoms with Crippen LogP contribution in [-0.4, -0.2) is 53.4 Å². The Balaban J connectivity index is 1.33. The maximum absolute atomic E-state index is 13.9. The summed E-state index contributed by atoms with van der Waals surface area (Å²) in [5.41, 5.74) is 2.20. The molecule has 200 valence electrons. The van der Waals surface area contributed by atoms with Crippen molar-refractivity contribution in [2.75, 3.05) is 33.4 Å². The number of pyridine rings is 1. The van der Waals surface area contributed by atoms with Crippen molar-refractivity contribution in [3.63, 3.8) is 0 Å². The molecule has 8 heteroatoms. The lowest BCUT2D eigenvalue weighted by Gasteiger charge is -2.41. The van der Waals surface area contributed by atoms with E-state index in [1.54, 1.807) is 13.3 Å². The number of aliphatic hydroxyl groups is 2. The number of methoxy groups -OCH3 is 1. The number of benzene rings is 2. The molecule has 37 heavy (non-hydrogen) atoms. The number of rotatable bonds is 10. The van der Waals surface area contributed by atoms with Gasteiger partial charge in [-0.2, -0.15) is 0 Å². The van der Waals surface area contributed by atoms with E-state index in [9.17, 15) is 23.4 Å². The zero-order valence-corrected chi connectivity index (χ0v) is 21.4. The predicted molar refractivity (Wildman–Crippen MR) is 137 cm³/mol. The maximum Gasteiger partial charge on any atom is 0.132 e. The largest absolute Gasteiger partial charge is 0.497 e. The molecule has 1 aromatic heterocycles. The van der Waals surface area contributed by atoms with Crippen LogP contribution in [0.2, 0.25) is 0 Å². The average Bonchev–Trinajstić information content (AvgIpc) is 2.89. The molecule has 1 atom stereocenters. The van der Waals surface area contributed by atoms with Crippen molar-refractivity contribution >= 4 is 10.9 Å². The molecule has 0 bridgehead atoms. The van der Waals surface area contributed by atoms with Crippen LogP contribution < -0.4 is 4.74 Å². The molecule has 0 radical (unpaired) electrons. The molecule has 0 amide bonds. The van der Waals surface area contributed by atoms with Gasteiger partial charge < -0.3 is 19.8 Å². The second-order valence-electron chi connectivity index (χ2n) is 10.2. The van der Waals surface area contributed by atoms with Crippen molar-refractivity contribution in [3.05, 3.63) is 70.7 Å². The summed E-state index contributed by atoms with van der Waals surface area (Å²) in [6.07, 6.45) is 4.59. The first-order chi connectivity index (χ1) is 17.7. The van der Waals surface area contributed by atoms with Gasteiger partial charge in [-0.05, 0) is 99.8 Å². The van der Waals surface area contributed by atoms with Crippen LogP contribution in [0.15, 0.2) is 36.5 Å². The fourth-order valence-electron chi connectivity index (χ4n) is 5.48. The van der Waals surface area contributed by atoms with Crippen LogP contribution in [0.4, 0.5) is 13.2 Å². The third-order valence-electron chi connectivity index (χ3n) is 7.86. The van der Waals surface area contributed by atoms with Gasteiger partial charge in [-0.15, -0.1) is 0 Å². The highest BCUT2D eigenvalue weighted by atomic mass is 19.1. The molecule has 3 aromatic rings. The topological polar surface area (TPSA) is 65.8 Å². The second-order valence-corrected chi connectivity index (χ2v) is 10.2. The molecular formula is C29H35F3N2O3. The van der Waals surface area contributed by atoms with Crippen molar-refractivity contribution in [1.29, 1.82) is 0 Å². The first-order valence-electron chi connectivity index (χ1n) is 12.8. The van der Waals surface area contributed by atoms with Gasteiger partial charge in [0.2, 0.25) is 0 Å². The number of likely N-dealkylation sites (tertiary alicyclic amines) is 1. The van der Waals surface area contributed by atoms with Gasteiger partial charge in [0.15, 0.2) is 0 Å². The minimum Gasteiger partial charge on any atom is -0.497 e. The smallest absolute Gasteiger partial charge is 0.132 e. The maximum atomic E-state index is 13.9. The van der Waals surface area contributed by atoms with E-state index >= 15 is 0 Å². The van der Waals surface area contributed by atoms with E-state index < -0.39 is 23.6 Å². The molecule has 4 rings (SSSR count). The predicted octanol–water partition coefficient (Wildman–Crippen LogP) is 5.49. The Morgan fingerprint density at radius 1 is 1.11 bits per heavy atom. The molecular weight excluding hydrogens is 481 g/mol. The van der Waals surface area contributed by atoms with E-state index in [1.807, 2.05) is 25.1 Å². The summed E-state index contributed by atoms with van der Waals surface area (Å²) >= 11 is 0. The summed E-state index contributed by atoms with van der Waals surface area (Å²) in [5, 5.41) is 22.3. The Morgan fingerprint density at radius 2 is 1.81 bits per heavy atom. The number of aliphatic hydroxyl groups excluding tert-OH is 2. The van der Waals surface area contributed by atoms with Crippen molar-refractivity contribution in [3.8, 4) is 5.75 Å². The normalized spacial score (nSPS) is 16.7. The van der Waals surface area contributed by atoms with Gasteiger partial charge in [0, 0.05) is 35.9 Å². The SMILES string of the molecule is COc1ccc2ncc(C)c([C@@H](O)CCC3(CO)CCN(CCCc4c(F)cc(F)cc4F)CC3)c2c1. The Morgan fingerprint density at radius 3 is 2.46 bits per heavy atom. The fourth-order valence-corrected chi connectivity index (χ4v) is 5.48. The van der Waals surface area contributed by atoms with E-state index in [1.165, 1.54) is 0 Å². The van der Waals surface area contributed by atoms with Crippen LogP contribution in [0.5, 0.6) is 5.75 Å². The van der Waals surface area contributed by atoms with Crippen molar-refractivity contribution in [1.82, 2.24) is 9.88 Å². The number of aryl methyl sites for hydroxylation is 1. The fraction of sp³-hybridized carbons (Fsp3) is 0.483. The first kappa shape index (κ1) is 27.4. The molecule has 0 aliphatic carbocycles. The molecule has 1 aliphatic heterocycles. The van der Waals surface area contributed by atoms with Crippen molar-refractivity contribution in [2.45, 2.75) is 51.6 Å². The van der Waals surface area contributed by atoms with Gasteiger partial charge in [-0.3, -0.25) is 4.98 Å². The molecule has 5 nitrogen and oxygen atoms in total. The zero-order valence-electron chi connectivity index (χ0n) is 21.4. The average molecular weight is 517 g/mol. The number of fused-ring (bicyclic) bond motifs is 1. The third kappa shape index (κ3) is 6.25. The Labute approximate surface area is 215 Å². The molecule has 0 saturated carbocycles.